The van der Waals surface area contributed by atoms with Crippen LogP contribution in [-0.4, -0.2) is 39.5 Å². The van der Waals surface area contributed by atoms with Crippen LogP contribution in [0.15, 0.2) is 48.5 Å². The van der Waals surface area contributed by atoms with Crippen LogP contribution in [0.5, 0.6) is 5.75 Å². The van der Waals surface area contributed by atoms with E-state index in [1.54, 1.807) is 17.6 Å². The Kier molecular flexibility index (Phi) is 8.72. The van der Waals surface area contributed by atoms with E-state index in [2.05, 4.69) is 9.97 Å². The van der Waals surface area contributed by atoms with Crippen LogP contribution >= 0.6 is 19.3 Å². The molecule has 0 aliphatic carbocycles. The minimum atomic E-state index is -4.69. The summed E-state index contributed by atoms with van der Waals surface area (Å²) in [6.07, 6.45) is -5.61. The summed E-state index contributed by atoms with van der Waals surface area (Å²) in [6.45, 7) is 4.84. The molecule has 4 aromatic rings. The van der Waals surface area contributed by atoms with Crippen molar-refractivity contribution < 1.29 is 31.5 Å². The number of nitrogens with two attached hydrogens (primary N) is 1. The SMILES string of the molecule is CCOCc1nc2c(N)nc3ccccc3c2n1C[C@@H](C)O[P@@](=O)(N[C@@H](C)C(F)(F)F)Oc1ccc(Cl)cc1. The fraction of sp³-hybridized carbons (Fsp3) is 0.360. The Hall–Kier alpha value is -2.89. The molecule has 0 saturated heterocycles. The highest BCUT2D eigenvalue weighted by Crippen LogP contribution is 2.48. The van der Waals surface area contributed by atoms with E-state index >= 15 is 0 Å². The van der Waals surface area contributed by atoms with Crippen molar-refractivity contribution in [2.24, 2.45) is 0 Å². The van der Waals surface area contributed by atoms with Crippen LogP contribution in [-0.2, 0) is 27.0 Å². The largest absolute Gasteiger partial charge is 0.459 e. The molecule has 0 amide bonds. The molecule has 0 aliphatic rings. The zero-order valence-corrected chi connectivity index (χ0v) is 23.1. The lowest BCUT2D eigenvalue weighted by Gasteiger charge is -2.27. The molecule has 0 radical (unpaired) electrons. The molecule has 2 aromatic carbocycles. The van der Waals surface area contributed by atoms with Crippen LogP contribution in [0.3, 0.4) is 0 Å². The number of hydrogen-bond donors (Lipinski definition) is 2. The summed E-state index contributed by atoms with van der Waals surface area (Å²) < 4.78 is 72.4. The van der Waals surface area contributed by atoms with Gasteiger partial charge in [-0.15, -0.1) is 0 Å². The quantitative estimate of drug-likeness (QED) is 0.192. The van der Waals surface area contributed by atoms with E-state index in [1.165, 1.54) is 24.3 Å². The van der Waals surface area contributed by atoms with Gasteiger partial charge in [-0.05, 0) is 51.1 Å². The first kappa shape index (κ1) is 29.1. The smallest absolute Gasteiger partial charge is 0.413 e. The summed E-state index contributed by atoms with van der Waals surface area (Å²) in [6, 6.07) is 10.8. The predicted molar refractivity (Wildman–Crippen MR) is 144 cm³/mol. The Morgan fingerprint density at radius 1 is 1.13 bits per heavy atom. The number of halogens is 4. The number of pyridine rings is 1. The van der Waals surface area contributed by atoms with Crippen molar-refractivity contribution in [2.45, 2.75) is 52.2 Å². The summed E-state index contributed by atoms with van der Waals surface area (Å²) in [4.78, 5) is 9.05. The minimum absolute atomic E-state index is 0.0202. The van der Waals surface area contributed by atoms with Crippen LogP contribution in [0.4, 0.5) is 19.0 Å². The number of fused-ring (bicyclic) bond motifs is 3. The number of nitrogens with one attached hydrogen (secondary N) is 1. The van der Waals surface area contributed by atoms with Gasteiger partial charge in [-0.3, -0.25) is 4.52 Å². The number of benzene rings is 2. The number of para-hydroxylation sites is 1. The van der Waals surface area contributed by atoms with Gasteiger partial charge in [-0.25, -0.2) is 14.5 Å². The van der Waals surface area contributed by atoms with Crippen LogP contribution < -0.4 is 15.3 Å². The monoisotopic (exact) mass is 585 g/mol. The maximum absolute atomic E-state index is 13.7. The zero-order valence-electron chi connectivity index (χ0n) is 21.4. The molecular formula is C25H28ClF3N5O4P. The number of ether oxygens (including phenoxy) is 1. The van der Waals surface area contributed by atoms with Crippen LogP contribution in [0.25, 0.3) is 21.9 Å². The first-order valence-electron chi connectivity index (χ1n) is 12.1. The first-order chi connectivity index (χ1) is 18.4. The van der Waals surface area contributed by atoms with E-state index in [-0.39, 0.29) is 24.7 Å². The molecule has 0 bridgehead atoms. The van der Waals surface area contributed by atoms with Crippen molar-refractivity contribution in [1.82, 2.24) is 19.6 Å². The maximum Gasteiger partial charge on any atom is 0.459 e. The average molecular weight is 586 g/mol. The van der Waals surface area contributed by atoms with Gasteiger partial charge in [0.25, 0.3) is 0 Å². The number of anilines is 1. The van der Waals surface area contributed by atoms with Crippen molar-refractivity contribution in [3.8, 4) is 5.75 Å². The molecular weight excluding hydrogens is 558 g/mol. The molecule has 210 valence electrons. The topological polar surface area (TPSA) is 114 Å². The molecule has 3 N–H and O–H groups in total. The lowest BCUT2D eigenvalue weighted by molar-refractivity contribution is -0.148. The molecule has 4 rings (SSSR count). The third kappa shape index (κ3) is 6.82. The van der Waals surface area contributed by atoms with Gasteiger partial charge in [0, 0.05) is 17.0 Å². The molecule has 2 aromatic heterocycles. The fourth-order valence-corrected chi connectivity index (χ4v) is 5.80. The molecule has 14 heteroatoms. The van der Waals surface area contributed by atoms with Crippen molar-refractivity contribution in [3.05, 3.63) is 59.4 Å². The van der Waals surface area contributed by atoms with Gasteiger partial charge in [0.05, 0.1) is 23.7 Å². The first-order valence-corrected chi connectivity index (χ1v) is 14.0. The Morgan fingerprint density at radius 3 is 2.49 bits per heavy atom. The lowest BCUT2D eigenvalue weighted by Crippen LogP contribution is -2.39. The lowest BCUT2D eigenvalue weighted by atomic mass is 10.2. The van der Waals surface area contributed by atoms with Gasteiger partial charge in [-0.1, -0.05) is 29.8 Å². The van der Waals surface area contributed by atoms with Gasteiger partial charge in [0.2, 0.25) is 0 Å². The van der Waals surface area contributed by atoms with E-state index in [4.69, 9.17) is 31.1 Å². The van der Waals surface area contributed by atoms with E-state index < -0.39 is 26.1 Å². The minimum Gasteiger partial charge on any atom is -0.413 e. The highest BCUT2D eigenvalue weighted by atomic mass is 35.5. The van der Waals surface area contributed by atoms with Gasteiger partial charge < -0.3 is 19.6 Å². The summed E-state index contributed by atoms with van der Waals surface area (Å²) >= 11 is 5.89. The Balaban J connectivity index is 1.71. The second-order valence-corrected chi connectivity index (χ2v) is 10.9. The highest BCUT2D eigenvalue weighted by Gasteiger charge is 2.43. The Morgan fingerprint density at radius 2 is 1.82 bits per heavy atom. The maximum atomic E-state index is 13.7. The van der Waals surface area contributed by atoms with Crippen LogP contribution in [0.1, 0.15) is 26.6 Å². The summed E-state index contributed by atoms with van der Waals surface area (Å²) in [5.74, 6) is 0.732. The normalized spacial score (nSPS) is 15.4. The summed E-state index contributed by atoms with van der Waals surface area (Å²) in [5.41, 5.74) is 7.94. The molecule has 39 heavy (non-hydrogen) atoms. The molecule has 0 aliphatic heterocycles. The van der Waals surface area contributed by atoms with Crippen LogP contribution in [0.2, 0.25) is 5.02 Å². The van der Waals surface area contributed by atoms with Crippen molar-refractivity contribution in [1.29, 1.82) is 0 Å². The molecule has 0 spiro atoms. The highest BCUT2D eigenvalue weighted by molar-refractivity contribution is 7.52. The number of imidazole rings is 1. The van der Waals surface area contributed by atoms with E-state index in [0.717, 1.165) is 12.3 Å². The molecule has 0 fully saturated rings. The van der Waals surface area contributed by atoms with E-state index in [0.29, 0.717) is 34.0 Å². The van der Waals surface area contributed by atoms with Crippen molar-refractivity contribution in [3.63, 3.8) is 0 Å². The Labute approximate surface area is 228 Å². The summed E-state index contributed by atoms with van der Waals surface area (Å²) in [7, 11) is -4.55. The summed E-state index contributed by atoms with van der Waals surface area (Å²) in [5, 5.41) is 3.14. The third-order valence-corrected chi connectivity index (χ3v) is 7.81. The van der Waals surface area contributed by atoms with Crippen molar-refractivity contribution in [2.75, 3.05) is 12.3 Å². The second-order valence-electron chi connectivity index (χ2n) is 8.84. The number of alkyl halides is 3. The number of aromatic nitrogens is 3. The number of hydrogen-bond acceptors (Lipinski definition) is 7. The predicted octanol–water partition coefficient (Wildman–Crippen LogP) is 6.49. The van der Waals surface area contributed by atoms with Gasteiger partial charge in [0.15, 0.2) is 5.82 Å². The molecule has 2 heterocycles. The van der Waals surface area contributed by atoms with Gasteiger partial charge in [-0.2, -0.15) is 18.3 Å². The standard InChI is InChI=1S/C25H28ClF3N5O4P/c1-4-36-14-21-32-22-23(19-7-5-6-8-20(19)31-24(22)30)34(21)13-15(2)37-39(35,33-16(3)25(27,28)29)38-18-11-9-17(26)10-12-18/h5-12,15-16H,4,13-14H2,1-3H3,(H2,30,31)(H,33,35)/t15-,16+,39+/m1/s1. The number of nitrogens with zero attached hydrogens (tertiary/aromatic N) is 3. The molecule has 3 atom stereocenters. The number of nitrogen functional groups attached to an aromatic ring is 1. The molecule has 9 nitrogen and oxygen atoms in total. The Bertz CT molecular complexity index is 1500. The van der Waals surface area contributed by atoms with Crippen LogP contribution in [0, 0.1) is 0 Å². The van der Waals surface area contributed by atoms with Gasteiger partial charge in [0.1, 0.15) is 29.7 Å². The fourth-order valence-electron chi connectivity index (χ4n) is 3.96. The van der Waals surface area contributed by atoms with E-state index in [1.807, 2.05) is 30.2 Å². The zero-order chi connectivity index (χ0) is 28.4. The van der Waals surface area contributed by atoms with Gasteiger partial charge >= 0.3 is 13.9 Å². The molecule has 0 saturated carbocycles. The number of rotatable bonds is 11. The third-order valence-electron chi connectivity index (χ3n) is 5.77. The average Bonchev–Trinajstić information content (AvgIpc) is 3.22. The van der Waals surface area contributed by atoms with Crippen molar-refractivity contribution >= 4 is 47.1 Å². The molecule has 0 unspecified atom stereocenters. The van der Waals surface area contributed by atoms with E-state index in [9.17, 15) is 17.7 Å². The second kappa shape index (κ2) is 11.7.